The minimum absolute atomic E-state index is 0.0388. The van der Waals surface area contributed by atoms with Crippen LogP contribution < -0.4 is 0 Å². The molecule has 0 amide bonds. The Morgan fingerprint density at radius 2 is 2.60 bits per heavy atom. The Hall–Kier alpha value is -0.590. The van der Waals surface area contributed by atoms with Gasteiger partial charge in [-0.1, -0.05) is 13.3 Å². The number of hydrogen-bond acceptors (Lipinski definition) is 3. The lowest BCUT2D eigenvalue weighted by Gasteiger charge is -1.99. The maximum Gasteiger partial charge on any atom is 0.137 e. The highest BCUT2D eigenvalue weighted by Crippen LogP contribution is 2.15. The van der Waals surface area contributed by atoms with E-state index in [1.807, 2.05) is 0 Å². The van der Waals surface area contributed by atoms with Crippen LogP contribution in [-0.2, 0) is 4.84 Å². The van der Waals surface area contributed by atoms with Crippen LogP contribution in [0.15, 0.2) is 0 Å². The van der Waals surface area contributed by atoms with Crippen molar-refractivity contribution in [3.05, 3.63) is 0 Å². The van der Waals surface area contributed by atoms with Gasteiger partial charge in [-0.2, -0.15) is 10.3 Å². The molecule has 0 saturated carbocycles. The van der Waals surface area contributed by atoms with Crippen molar-refractivity contribution >= 4 is 0 Å². The first-order valence-electron chi connectivity index (χ1n) is 3.67. The third kappa shape index (κ3) is 1.98. The van der Waals surface area contributed by atoms with E-state index in [9.17, 15) is 0 Å². The average Bonchev–Trinajstić information content (AvgIpc) is 2.68. The summed E-state index contributed by atoms with van der Waals surface area (Å²) < 4.78 is 0. The molecule has 0 aromatic heterocycles. The van der Waals surface area contributed by atoms with Crippen molar-refractivity contribution in [2.24, 2.45) is 0 Å². The third-order valence-electron chi connectivity index (χ3n) is 1.47. The van der Waals surface area contributed by atoms with Gasteiger partial charge in [0.05, 0.1) is 19.2 Å². The fourth-order valence-electron chi connectivity index (χ4n) is 0.697. The van der Waals surface area contributed by atoms with Gasteiger partial charge < -0.3 is 0 Å². The Bertz CT molecular complexity index is 141. The molecule has 0 aromatic carbocycles. The van der Waals surface area contributed by atoms with Gasteiger partial charge in [-0.3, -0.25) is 4.84 Å². The molecule has 0 spiro atoms. The molecule has 1 aliphatic rings. The lowest BCUT2D eigenvalue weighted by molar-refractivity contribution is -0.0713. The third-order valence-corrected chi connectivity index (χ3v) is 1.47. The summed E-state index contributed by atoms with van der Waals surface area (Å²) in [6.45, 7) is 3.67. The largest absolute Gasteiger partial charge is 0.298 e. The van der Waals surface area contributed by atoms with Crippen LogP contribution in [0.5, 0.6) is 0 Å². The van der Waals surface area contributed by atoms with E-state index >= 15 is 0 Å². The van der Waals surface area contributed by atoms with Crippen LogP contribution in [0.25, 0.3) is 0 Å². The van der Waals surface area contributed by atoms with E-state index in [0.29, 0.717) is 0 Å². The van der Waals surface area contributed by atoms with Crippen molar-refractivity contribution < 1.29 is 4.84 Å². The second kappa shape index (κ2) is 3.55. The number of nitrogens with zero attached hydrogens (tertiary/aromatic N) is 2. The van der Waals surface area contributed by atoms with E-state index in [4.69, 9.17) is 10.1 Å². The number of rotatable bonds is 4. The molecule has 1 rings (SSSR count). The van der Waals surface area contributed by atoms with Crippen molar-refractivity contribution in [1.82, 2.24) is 5.06 Å². The number of unbranched alkanes of at least 4 members (excludes halogenated alkanes) is 1. The predicted molar refractivity (Wildman–Crippen MR) is 37.0 cm³/mol. The SMILES string of the molecule is CCCCON1CC1C#N. The lowest BCUT2D eigenvalue weighted by atomic mass is 10.4. The Labute approximate surface area is 61.1 Å². The fourth-order valence-corrected chi connectivity index (χ4v) is 0.697. The molecular weight excluding hydrogens is 128 g/mol. The standard InChI is InChI=1S/C7H12N2O/c1-2-3-4-10-9-6-7(9)5-8/h7H,2-4,6H2,1H3. The molecule has 10 heavy (non-hydrogen) atoms. The highest BCUT2D eigenvalue weighted by Gasteiger charge is 2.35. The molecule has 0 aromatic rings. The Kier molecular flexibility index (Phi) is 2.67. The summed E-state index contributed by atoms with van der Waals surface area (Å²) >= 11 is 0. The average molecular weight is 140 g/mol. The maximum absolute atomic E-state index is 8.36. The molecule has 56 valence electrons. The highest BCUT2D eigenvalue weighted by molar-refractivity contribution is 5.01. The molecule has 0 radical (unpaired) electrons. The first-order valence-corrected chi connectivity index (χ1v) is 3.67. The van der Waals surface area contributed by atoms with Gasteiger partial charge in [0, 0.05) is 0 Å². The highest BCUT2D eigenvalue weighted by atomic mass is 16.7. The van der Waals surface area contributed by atoms with Gasteiger partial charge in [0.25, 0.3) is 0 Å². The molecule has 0 bridgehead atoms. The molecule has 1 fully saturated rings. The van der Waals surface area contributed by atoms with Crippen molar-refractivity contribution in [2.45, 2.75) is 25.8 Å². The zero-order valence-electron chi connectivity index (χ0n) is 6.21. The van der Waals surface area contributed by atoms with Gasteiger partial charge >= 0.3 is 0 Å². The van der Waals surface area contributed by atoms with Crippen LogP contribution in [0.2, 0.25) is 0 Å². The zero-order valence-corrected chi connectivity index (χ0v) is 6.21. The zero-order chi connectivity index (χ0) is 7.40. The number of nitriles is 1. The predicted octanol–water partition coefficient (Wildman–Crippen LogP) is 0.926. The fraction of sp³-hybridized carbons (Fsp3) is 0.857. The summed E-state index contributed by atoms with van der Waals surface area (Å²) in [5.74, 6) is 0. The van der Waals surface area contributed by atoms with E-state index in [1.165, 1.54) is 0 Å². The topological polar surface area (TPSA) is 36.0 Å². The van der Waals surface area contributed by atoms with Crippen molar-refractivity contribution in [3.63, 3.8) is 0 Å². The summed E-state index contributed by atoms with van der Waals surface area (Å²) in [6.07, 6.45) is 2.22. The molecule has 2 unspecified atom stereocenters. The minimum Gasteiger partial charge on any atom is -0.298 e. The lowest BCUT2D eigenvalue weighted by Crippen LogP contribution is -2.03. The monoisotopic (exact) mass is 140 g/mol. The van der Waals surface area contributed by atoms with Crippen LogP contribution in [0.1, 0.15) is 19.8 Å². The first kappa shape index (κ1) is 7.52. The van der Waals surface area contributed by atoms with Crippen LogP contribution >= 0.6 is 0 Å². The first-order chi connectivity index (χ1) is 4.88. The van der Waals surface area contributed by atoms with Crippen LogP contribution in [0.4, 0.5) is 0 Å². The minimum atomic E-state index is 0.0388. The van der Waals surface area contributed by atoms with Gasteiger partial charge in [-0.05, 0) is 6.42 Å². The van der Waals surface area contributed by atoms with E-state index in [2.05, 4.69) is 13.0 Å². The van der Waals surface area contributed by atoms with E-state index in [0.717, 1.165) is 26.0 Å². The molecule has 0 aliphatic carbocycles. The van der Waals surface area contributed by atoms with Crippen molar-refractivity contribution in [3.8, 4) is 6.07 Å². The molecule has 3 nitrogen and oxygen atoms in total. The second-order valence-electron chi connectivity index (χ2n) is 2.43. The van der Waals surface area contributed by atoms with E-state index in [-0.39, 0.29) is 6.04 Å². The van der Waals surface area contributed by atoms with Crippen LogP contribution in [0, 0.1) is 11.3 Å². The molecule has 2 atom stereocenters. The van der Waals surface area contributed by atoms with Crippen LogP contribution in [-0.4, -0.2) is 24.3 Å². The van der Waals surface area contributed by atoms with Crippen molar-refractivity contribution in [2.75, 3.05) is 13.2 Å². The van der Waals surface area contributed by atoms with Gasteiger partial charge in [-0.25, -0.2) is 0 Å². The molecule has 0 N–H and O–H groups in total. The summed E-state index contributed by atoms with van der Waals surface area (Å²) in [7, 11) is 0. The van der Waals surface area contributed by atoms with E-state index < -0.39 is 0 Å². The summed E-state index contributed by atoms with van der Waals surface area (Å²) in [5.41, 5.74) is 0. The van der Waals surface area contributed by atoms with E-state index in [1.54, 1.807) is 5.06 Å². The van der Waals surface area contributed by atoms with Gasteiger partial charge in [0.15, 0.2) is 0 Å². The van der Waals surface area contributed by atoms with Gasteiger partial charge in [0.1, 0.15) is 6.04 Å². The normalized spacial score (nSPS) is 29.6. The second-order valence-corrected chi connectivity index (χ2v) is 2.43. The Balaban J connectivity index is 1.93. The number of hydrogen-bond donors (Lipinski definition) is 0. The molecule has 1 heterocycles. The quantitative estimate of drug-likeness (QED) is 0.430. The Morgan fingerprint density at radius 3 is 3.10 bits per heavy atom. The van der Waals surface area contributed by atoms with Gasteiger partial charge in [0.2, 0.25) is 0 Å². The molecule has 3 heteroatoms. The smallest absolute Gasteiger partial charge is 0.137 e. The maximum atomic E-state index is 8.36. The molecule has 1 aliphatic heterocycles. The number of hydroxylamine groups is 2. The molecule has 1 saturated heterocycles. The summed E-state index contributed by atoms with van der Waals surface area (Å²) in [6, 6.07) is 2.16. The summed E-state index contributed by atoms with van der Waals surface area (Å²) in [5, 5.41) is 10.1. The summed E-state index contributed by atoms with van der Waals surface area (Å²) in [4.78, 5) is 5.21. The molecular formula is C7H12N2O. The van der Waals surface area contributed by atoms with Crippen molar-refractivity contribution in [1.29, 1.82) is 5.26 Å². The van der Waals surface area contributed by atoms with Gasteiger partial charge in [-0.15, -0.1) is 0 Å². The Morgan fingerprint density at radius 1 is 1.80 bits per heavy atom. The van der Waals surface area contributed by atoms with Crippen LogP contribution in [0.3, 0.4) is 0 Å².